The lowest BCUT2D eigenvalue weighted by atomic mass is 9.96. The summed E-state index contributed by atoms with van der Waals surface area (Å²) in [7, 11) is -0.918. The van der Waals surface area contributed by atoms with E-state index in [4.69, 9.17) is 9.47 Å². The second-order valence-corrected chi connectivity index (χ2v) is 8.42. The Kier molecular flexibility index (Phi) is 4.96. The van der Waals surface area contributed by atoms with E-state index in [1.807, 2.05) is 6.92 Å². The summed E-state index contributed by atoms with van der Waals surface area (Å²) in [4.78, 5) is 12.0. The van der Waals surface area contributed by atoms with Crippen LogP contribution in [0, 0.1) is 6.92 Å². The van der Waals surface area contributed by atoms with E-state index in [1.165, 1.54) is 11.4 Å². The molecule has 0 unspecified atom stereocenters. The number of hydrogen-bond acceptors (Lipinski definition) is 6. The maximum absolute atomic E-state index is 13.0. The predicted octanol–water partition coefficient (Wildman–Crippen LogP) is 2.03. The molecule has 0 amide bonds. The van der Waals surface area contributed by atoms with Gasteiger partial charge in [-0.1, -0.05) is 0 Å². The Balaban J connectivity index is 2.43. The number of ether oxygens (including phenoxy) is 2. The lowest BCUT2D eigenvalue weighted by Gasteiger charge is -2.38. The molecule has 0 bridgehead atoms. The lowest BCUT2D eigenvalue weighted by Crippen LogP contribution is -2.49. The monoisotopic (exact) mass is 347 g/mol. The zero-order chi connectivity index (χ0) is 16.5. The van der Waals surface area contributed by atoms with E-state index in [0.717, 1.165) is 24.2 Å². The van der Waals surface area contributed by atoms with Crippen LogP contribution >= 0.6 is 11.3 Å². The molecule has 2 rings (SSSR count). The summed E-state index contributed by atoms with van der Waals surface area (Å²) < 4.78 is 37.5. The van der Waals surface area contributed by atoms with Gasteiger partial charge in [-0.3, -0.25) is 0 Å². The number of sulfonamides is 1. The summed E-state index contributed by atoms with van der Waals surface area (Å²) >= 11 is 1.09. The summed E-state index contributed by atoms with van der Waals surface area (Å²) in [6, 6.07) is 0. The van der Waals surface area contributed by atoms with E-state index >= 15 is 0 Å². The van der Waals surface area contributed by atoms with E-state index in [-0.39, 0.29) is 16.3 Å². The van der Waals surface area contributed by atoms with Crippen molar-refractivity contribution in [2.75, 3.05) is 27.3 Å². The fourth-order valence-corrected chi connectivity index (χ4v) is 5.90. The third-order valence-corrected chi connectivity index (χ3v) is 7.24. The van der Waals surface area contributed by atoms with E-state index in [1.54, 1.807) is 19.4 Å². The Bertz CT molecular complexity index is 667. The van der Waals surface area contributed by atoms with Crippen LogP contribution in [0.15, 0.2) is 10.3 Å². The van der Waals surface area contributed by atoms with Crippen LogP contribution in [0.4, 0.5) is 0 Å². The van der Waals surface area contributed by atoms with Crippen molar-refractivity contribution in [3.05, 3.63) is 15.8 Å². The first kappa shape index (κ1) is 17.4. The van der Waals surface area contributed by atoms with Crippen molar-refractivity contribution in [1.82, 2.24) is 4.31 Å². The number of piperidine rings is 1. The molecule has 22 heavy (non-hydrogen) atoms. The van der Waals surface area contributed by atoms with Crippen molar-refractivity contribution in [3.63, 3.8) is 0 Å². The van der Waals surface area contributed by atoms with Crippen molar-refractivity contribution in [3.8, 4) is 0 Å². The van der Waals surface area contributed by atoms with Gasteiger partial charge in [-0.2, -0.15) is 4.31 Å². The summed E-state index contributed by atoms with van der Waals surface area (Å²) in [5.41, 5.74) is 0.0656. The molecule has 1 aliphatic heterocycles. The highest BCUT2D eigenvalue weighted by molar-refractivity contribution is 7.89. The first-order valence-electron chi connectivity index (χ1n) is 6.97. The second kappa shape index (κ2) is 6.27. The standard InChI is InChI=1S/C14H21NO5S2/c1-10-8-21-11(13(16)19-3)12(10)22(17,18)15-7-5-6-14(2,9-15)20-4/h8H,5-7,9H2,1-4H3/t14-/m1/s1. The molecule has 0 spiro atoms. The van der Waals surface area contributed by atoms with Crippen molar-refractivity contribution in [2.45, 2.75) is 37.2 Å². The molecule has 1 fully saturated rings. The number of nitrogens with zero attached hydrogens (tertiary/aromatic N) is 1. The van der Waals surface area contributed by atoms with Gasteiger partial charge in [0.2, 0.25) is 10.0 Å². The molecular weight excluding hydrogens is 326 g/mol. The highest BCUT2D eigenvalue weighted by Crippen LogP contribution is 2.33. The molecular formula is C14H21NO5S2. The van der Waals surface area contributed by atoms with Crippen LogP contribution in [0.2, 0.25) is 0 Å². The van der Waals surface area contributed by atoms with E-state index < -0.39 is 21.6 Å². The van der Waals surface area contributed by atoms with Gasteiger partial charge in [-0.25, -0.2) is 13.2 Å². The average molecular weight is 347 g/mol. The number of aryl methyl sites for hydroxylation is 1. The maximum atomic E-state index is 13.0. The van der Waals surface area contributed by atoms with Gasteiger partial charge in [0.15, 0.2) is 0 Å². The van der Waals surface area contributed by atoms with Crippen LogP contribution in [0.1, 0.15) is 35.0 Å². The Labute approximate surface area is 135 Å². The molecule has 6 nitrogen and oxygen atoms in total. The predicted molar refractivity (Wildman–Crippen MR) is 83.8 cm³/mol. The quantitative estimate of drug-likeness (QED) is 0.779. The first-order valence-corrected chi connectivity index (χ1v) is 9.29. The van der Waals surface area contributed by atoms with E-state index in [2.05, 4.69) is 0 Å². The second-order valence-electron chi connectivity index (χ2n) is 5.66. The number of methoxy groups -OCH3 is 2. The lowest BCUT2D eigenvalue weighted by molar-refractivity contribution is -0.0319. The van der Waals surface area contributed by atoms with Gasteiger partial charge in [-0.15, -0.1) is 11.3 Å². The molecule has 1 atom stereocenters. The van der Waals surface area contributed by atoms with Crippen LogP contribution in [0.3, 0.4) is 0 Å². The molecule has 8 heteroatoms. The molecule has 0 saturated carbocycles. The Morgan fingerprint density at radius 3 is 2.68 bits per heavy atom. The Morgan fingerprint density at radius 2 is 2.09 bits per heavy atom. The van der Waals surface area contributed by atoms with E-state index in [9.17, 15) is 13.2 Å². The zero-order valence-corrected chi connectivity index (χ0v) is 14.8. The number of esters is 1. The summed E-state index contributed by atoms with van der Waals surface area (Å²) in [6.45, 7) is 4.30. The van der Waals surface area contributed by atoms with Crippen molar-refractivity contribution < 1.29 is 22.7 Å². The molecule has 1 aromatic rings. The number of carbonyl (C=O) groups excluding carboxylic acids is 1. The van der Waals surface area contributed by atoms with Gasteiger partial charge < -0.3 is 9.47 Å². The van der Waals surface area contributed by atoms with Gasteiger partial charge >= 0.3 is 5.97 Å². The van der Waals surface area contributed by atoms with Gasteiger partial charge in [0, 0.05) is 20.2 Å². The minimum Gasteiger partial charge on any atom is -0.465 e. The molecule has 2 heterocycles. The normalized spacial score (nSPS) is 23.5. The van der Waals surface area contributed by atoms with Gasteiger partial charge in [-0.05, 0) is 37.6 Å². The fourth-order valence-electron chi connectivity index (χ4n) is 2.65. The maximum Gasteiger partial charge on any atom is 0.349 e. The van der Waals surface area contributed by atoms with Crippen LogP contribution in [-0.4, -0.2) is 51.6 Å². The smallest absolute Gasteiger partial charge is 0.349 e. The summed E-state index contributed by atoms with van der Waals surface area (Å²) in [6.07, 6.45) is 1.53. The number of thiophene rings is 1. The number of carbonyl (C=O) groups is 1. The zero-order valence-electron chi connectivity index (χ0n) is 13.2. The molecule has 0 radical (unpaired) electrons. The number of rotatable bonds is 4. The van der Waals surface area contributed by atoms with Gasteiger partial charge in [0.1, 0.15) is 9.77 Å². The van der Waals surface area contributed by atoms with Crippen LogP contribution in [-0.2, 0) is 19.5 Å². The highest BCUT2D eigenvalue weighted by atomic mass is 32.2. The topological polar surface area (TPSA) is 72.9 Å². The molecule has 0 N–H and O–H groups in total. The van der Waals surface area contributed by atoms with Gasteiger partial charge in [0.05, 0.1) is 12.7 Å². The Hall–Kier alpha value is -0.960. The van der Waals surface area contributed by atoms with Crippen molar-refractivity contribution in [2.24, 2.45) is 0 Å². The largest absolute Gasteiger partial charge is 0.465 e. The Morgan fingerprint density at radius 1 is 1.41 bits per heavy atom. The van der Waals surface area contributed by atoms with Crippen LogP contribution in [0.5, 0.6) is 0 Å². The van der Waals surface area contributed by atoms with Crippen LogP contribution in [0.25, 0.3) is 0 Å². The molecule has 0 aromatic carbocycles. The van der Waals surface area contributed by atoms with Crippen LogP contribution < -0.4 is 0 Å². The fraction of sp³-hybridized carbons (Fsp3) is 0.643. The summed E-state index contributed by atoms with van der Waals surface area (Å²) in [5, 5.41) is 1.67. The average Bonchev–Trinajstić information content (AvgIpc) is 2.89. The molecule has 0 aliphatic carbocycles. The van der Waals surface area contributed by atoms with Gasteiger partial charge in [0.25, 0.3) is 0 Å². The third kappa shape index (κ3) is 3.05. The van der Waals surface area contributed by atoms with Crippen molar-refractivity contribution in [1.29, 1.82) is 0 Å². The number of hydrogen-bond donors (Lipinski definition) is 0. The van der Waals surface area contributed by atoms with Crippen molar-refractivity contribution >= 4 is 27.3 Å². The highest BCUT2D eigenvalue weighted by Gasteiger charge is 2.39. The third-order valence-electron chi connectivity index (χ3n) is 4.00. The van der Waals surface area contributed by atoms with E-state index in [0.29, 0.717) is 12.1 Å². The first-order chi connectivity index (χ1) is 10.2. The molecule has 1 aromatic heterocycles. The molecule has 1 saturated heterocycles. The molecule has 1 aliphatic rings. The molecule has 124 valence electrons. The minimum atomic E-state index is -3.75. The summed E-state index contributed by atoms with van der Waals surface area (Å²) in [5.74, 6) is -0.622. The minimum absolute atomic E-state index is 0.0599. The SMILES string of the molecule is COC(=O)c1scc(C)c1S(=O)(=O)N1CCC[C@@](C)(OC)C1.